The zero-order valence-corrected chi connectivity index (χ0v) is 27.6. The number of hydrogen-bond acceptors (Lipinski definition) is 11. The van der Waals surface area contributed by atoms with Crippen LogP contribution >= 0.6 is 23.2 Å². The first-order valence-corrected chi connectivity index (χ1v) is 15.9. The molecule has 2 aromatic carbocycles. The van der Waals surface area contributed by atoms with Gasteiger partial charge in [0.1, 0.15) is 11.5 Å². The number of anilines is 2. The second-order valence-electron chi connectivity index (χ2n) is 13.0. The highest BCUT2D eigenvalue weighted by molar-refractivity contribution is 6.53. The molecule has 49 heavy (non-hydrogen) atoms. The number of phenols is 1. The molecular formula is C32H27Cl2N5O10. The molecule has 254 valence electrons. The van der Waals surface area contributed by atoms with Gasteiger partial charge in [-0.25, -0.2) is 4.90 Å². The third kappa shape index (κ3) is 4.27. The SMILES string of the molecule is CN1C(=O)C2(Cl)CC3C(=CCC4C(=O)N(c5cc([N+](=O)[O-])c(N(C)C)c([N+](=O)[O-])c5)C(=O)C43)C(C3=COc4ccc(O)cc4C3)C2(Cl)C1=O. The zero-order valence-electron chi connectivity index (χ0n) is 26.1. The Morgan fingerprint density at radius 3 is 2.24 bits per heavy atom. The van der Waals surface area contributed by atoms with Gasteiger partial charge in [-0.1, -0.05) is 11.6 Å². The summed E-state index contributed by atoms with van der Waals surface area (Å²) in [6.45, 7) is 0. The minimum Gasteiger partial charge on any atom is -0.508 e. The highest BCUT2D eigenvalue weighted by Crippen LogP contribution is 2.64. The van der Waals surface area contributed by atoms with Crippen LogP contribution in [-0.4, -0.2) is 74.4 Å². The molecule has 3 heterocycles. The Bertz CT molecular complexity index is 1980. The predicted molar refractivity (Wildman–Crippen MR) is 173 cm³/mol. The number of alkyl halides is 2. The highest BCUT2D eigenvalue weighted by atomic mass is 35.5. The van der Waals surface area contributed by atoms with Gasteiger partial charge in [-0.2, -0.15) is 0 Å². The molecule has 0 aromatic heterocycles. The first-order valence-electron chi connectivity index (χ1n) is 15.1. The van der Waals surface area contributed by atoms with Crippen LogP contribution in [0.4, 0.5) is 22.7 Å². The Balaban J connectivity index is 1.35. The molecule has 6 atom stereocenters. The molecule has 0 radical (unpaired) electrons. The number of rotatable bonds is 5. The molecule has 3 fully saturated rings. The van der Waals surface area contributed by atoms with Crippen LogP contribution in [0.15, 0.2) is 53.8 Å². The normalized spacial score (nSPS) is 30.1. The molecule has 5 aliphatic rings. The Morgan fingerprint density at radius 1 is 0.980 bits per heavy atom. The minimum atomic E-state index is -2.06. The molecule has 1 N–H and O–H groups in total. The number of hydrogen-bond donors (Lipinski definition) is 1. The van der Waals surface area contributed by atoms with E-state index >= 15 is 0 Å². The Hall–Kier alpha value is -5.02. The molecule has 7 rings (SSSR count). The molecule has 2 aliphatic carbocycles. The van der Waals surface area contributed by atoms with Gasteiger partial charge in [-0.05, 0) is 42.5 Å². The number of amides is 4. The summed E-state index contributed by atoms with van der Waals surface area (Å²) in [5.41, 5.74) is -0.511. The molecule has 3 aliphatic heterocycles. The van der Waals surface area contributed by atoms with Gasteiger partial charge in [-0.3, -0.25) is 44.3 Å². The van der Waals surface area contributed by atoms with E-state index in [9.17, 15) is 44.5 Å². The average molecular weight is 712 g/mol. The second-order valence-corrected chi connectivity index (χ2v) is 14.3. The summed E-state index contributed by atoms with van der Waals surface area (Å²) in [4.78, 5) is 77.0. The molecule has 1 saturated carbocycles. The van der Waals surface area contributed by atoms with E-state index in [0.29, 0.717) is 22.5 Å². The monoisotopic (exact) mass is 711 g/mol. The Kier molecular flexibility index (Phi) is 7.13. The number of carbonyl (C=O) groups excluding carboxylic acids is 4. The molecule has 4 amide bonds. The van der Waals surface area contributed by atoms with Gasteiger partial charge < -0.3 is 14.7 Å². The van der Waals surface area contributed by atoms with Crippen molar-refractivity contribution >= 4 is 69.6 Å². The largest absolute Gasteiger partial charge is 0.508 e. The van der Waals surface area contributed by atoms with Gasteiger partial charge in [-0.15, -0.1) is 23.2 Å². The lowest BCUT2D eigenvalue weighted by Crippen LogP contribution is -2.61. The number of imide groups is 2. The summed E-state index contributed by atoms with van der Waals surface area (Å²) in [6, 6.07) is 6.42. The van der Waals surface area contributed by atoms with Crippen molar-refractivity contribution in [2.24, 2.45) is 23.7 Å². The van der Waals surface area contributed by atoms with Gasteiger partial charge in [0.05, 0.1) is 33.6 Å². The lowest BCUT2D eigenvalue weighted by molar-refractivity contribution is -0.392. The van der Waals surface area contributed by atoms with Gasteiger partial charge in [0.2, 0.25) is 11.8 Å². The van der Waals surface area contributed by atoms with Crippen LogP contribution in [0.2, 0.25) is 0 Å². The van der Waals surface area contributed by atoms with E-state index in [1.807, 2.05) is 0 Å². The average Bonchev–Trinajstić information content (AvgIpc) is 3.38. The number of allylic oxidation sites excluding steroid dienone is 3. The predicted octanol–water partition coefficient (Wildman–Crippen LogP) is 3.82. The van der Waals surface area contributed by atoms with E-state index in [0.717, 1.165) is 21.9 Å². The number of phenolic OH excluding ortho intramolecular Hbond substituents is 1. The van der Waals surface area contributed by atoms with Crippen molar-refractivity contribution in [2.45, 2.75) is 29.0 Å². The molecule has 2 aromatic rings. The van der Waals surface area contributed by atoms with Crippen LogP contribution in [0.25, 0.3) is 0 Å². The minimum absolute atomic E-state index is 0.000214. The van der Waals surface area contributed by atoms with Crippen molar-refractivity contribution in [3.63, 3.8) is 0 Å². The summed E-state index contributed by atoms with van der Waals surface area (Å²) in [7, 11) is 4.04. The van der Waals surface area contributed by atoms with Crippen LogP contribution in [0.1, 0.15) is 18.4 Å². The van der Waals surface area contributed by atoms with Gasteiger partial charge in [0.25, 0.3) is 11.8 Å². The fourth-order valence-electron chi connectivity index (χ4n) is 8.26. The molecule has 2 saturated heterocycles. The van der Waals surface area contributed by atoms with Crippen molar-refractivity contribution in [1.82, 2.24) is 4.90 Å². The third-order valence-electron chi connectivity index (χ3n) is 10.3. The van der Waals surface area contributed by atoms with E-state index in [1.54, 1.807) is 12.1 Å². The van der Waals surface area contributed by atoms with E-state index in [-0.39, 0.29) is 36.4 Å². The first-order chi connectivity index (χ1) is 23.0. The highest BCUT2D eigenvalue weighted by Gasteiger charge is 2.76. The van der Waals surface area contributed by atoms with Crippen molar-refractivity contribution in [2.75, 3.05) is 30.9 Å². The Morgan fingerprint density at radius 2 is 1.63 bits per heavy atom. The number of nitro groups is 2. The van der Waals surface area contributed by atoms with Crippen LogP contribution in [0.3, 0.4) is 0 Å². The van der Waals surface area contributed by atoms with Crippen LogP contribution in [-0.2, 0) is 25.6 Å². The number of benzene rings is 2. The van der Waals surface area contributed by atoms with Crippen LogP contribution in [0, 0.1) is 43.9 Å². The number of ether oxygens (including phenoxy) is 1. The molecule has 0 bridgehead atoms. The number of nitrogens with zero attached hydrogens (tertiary/aromatic N) is 5. The van der Waals surface area contributed by atoms with E-state index in [2.05, 4.69) is 0 Å². The zero-order chi connectivity index (χ0) is 35.5. The van der Waals surface area contributed by atoms with Crippen molar-refractivity contribution in [3.05, 3.63) is 79.6 Å². The summed E-state index contributed by atoms with van der Waals surface area (Å²) < 4.78 is 5.87. The maximum atomic E-state index is 14.4. The van der Waals surface area contributed by atoms with E-state index in [1.165, 1.54) is 44.4 Å². The topological polar surface area (TPSA) is 194 Å². The standard InChI is InChI=1S/C32H27Cl2N5O10/c1-35(2)26-21(38(45)46)10-16(11-22(26)39(47)48)37-27(41)19-6-5-18-20(24(19)28(37)42)12-31(33)29(43)36(3)30(44)32(31,34)25(18)15-8-14-9-17(40)4-7-23(14)49-13-15/h4-5,7,9-11,13,19-20,24-25,40H,6,8,12H2,1-3H3. The fourth-order valence-corrected chi connectivity index (χ4v) is 9.30. The fraction of sp³-hybridized carbons (Fsp3) is 0.375. The van der Waals surface area contributed by atoms with Gasteiger partial charge in [0, 0.05) is 51.2 Å². The van der Waals surface area contributed by atoms with Crippen molar-refractivity contribution in [3.8, 4) is 11.5 Å². The number of fused-ring (bicyclic) bond motifs is 5. The van der Waals surface area contributed by atoms with Crippen molar-refractivity contribution < 1.29 is 38.9 Å². The first kappa shape index (κ1) is 32.5. The third-order valence-corrected chi connectivity index (χ3v) is 11.7. The van der Waals surface area contributed by atoms with Crippen LogP contribution < -0.4 is 14.5 Å². The number of halogens is 2. The van der Waals surface area contributed by atoms with Gasteiger partial charge in [0.15, 0.2) is 15.4 Å². The second kappa shape index (κ2) is 10.7. The smallest absolute Gasteiger partial charge is 0.301 e. The molecular weight excluding hydrogens is 685 g/mol. The lowest BCUT2D eigenvalue weighted by atomic mass is 9.56. The van der Waals surface area contributed by atoms with E-state index in [4.69, 9.17) is 27.9 Å². The Labute approximate surface area is 287 Å². The summed E-state index contributed by atoms with van der Waals surface area (Å²) in [5, 5.41) is 34.2. The van der Waals surface area contributed by atoms with E-state index < -0.39 is 78.3 Å². The maximum absolute atomic E-state index is 14.4. The molecule has 15 nitrogen and oxygen atoms in total. The quantitative estimate of drug-likeness (QED) is 0.156. The molecule has 17 heteroatoms. The summed E-state index contributed by atoms with van der Waals surface area (Å²) in [5.74, 6) is -6.77. The number of nitro benzene ring substituents is 2. The number of aromatic hydroxyl groups is 1. The maximum Gasteiger partial charge on any atom is 0.301 e. The molecule has 0 spiro atoms. The summed E-state index contributed by atoms with van der Waals surface area (Å²) in [6.07, 6.45) is 2.97. The number of likely N-dealkylation sites (tertiary alicyclic amines) is 1. The summed E-state index contributed by atoms with van der Waals surface area (Å²) >= 11 is 14.4. The van der Waals surface area contributed by atoms with Crippen LogP contribution in [0.5, 0.6) is 11.5 Å². The lowest BCUT2D eigenvalue weighted by Gasteiger charge is -2.51. The molecule has 6 unspecified atom stereocenters. The number of carbonyl (C=O) groups is 4. The van der Waals surface area contributed by atoms with Crippen molar-refractivity contribution in [1.29, 1.82) is 0 Å². The van der Waals surface area contributed by atoms with Gasteiger partial charge >= 0.3 is 11.4 Å².